The Kier molecular flexibility index (Phi) is 6.14. The first kappa shape index (κ1) is 17.3. The van der Waals surface area contributed by atoms with Crippen molar-refractivity contribution in [3.05, 3.63) is 66.2 Å². The molecule has 0 spiro atoms. The largest absolute Gasteiger partial charge is 0.457 e. The van der Waals surface area contributed by atoms with Gasteiger partial charge in [-0.25, -0.2) is 0 Å². The van der Waals surface area contributed by atoms with E-state index >= 15 is 0 Å². The second-order valence-corrected chi connectivity index (χ2v) is 5.33. The van der Waals surface area contributed by atoms with Crippen LogP contribution in [0.5, 0.6) is 11.5 Å². The van der Waals surface area contributed by atoms with E-state index in [4.69, 9.17) is 4.74 Å². The molecule has 0 heterocycles. The standard InChI is InChI=1S/C19H20N2O3/c1-21(2)19(23)14-20-18(22)12-11-15-7-6-10-17(13-15)24-16-8-4-3-5-9-16/h3-13H,14H2,1-2H3,(H,20,22)/b12-11+. The Labute approximate surface area is 141 Å². The van der Waals surface area contributed by atoms with E-state index in [9.17, 15) is 9.59 Å². The zero-order chi connectivity index (χ0) is 17.4. The summed E-state index contributed by atoms with van der Waals surface area (Å²) in [5.41, 5.74) is 0.831. The van der Waals surface area contributed by atoms with Gasteiger partial charge >= 0.3 is 0 Å². The van der Waals surface area contributed by atoms with Crippen LogP contribution in [-0.2, 0) is 9.59 Å². The van der Waals surface area contributed by atoms with Crippen molar-refractivity contribution < 1.29 is 14.3 Å². The summed E-state index contributed by atoms with van der Waals surface area (Å²) in [5, 5.41) is 2.54. The van der Waals surface area contributed by atoms with E-state index in [0.717, 1.165) is 11.3 Å². The minimum Gasteiger partial charge on any atom is -0.457 e. The Bertz CT molecular complexity index is 724. The van der Waals surface area contributed by atoms with Crippen LogP contribution in [0.1, 0.15) is 5.56 Å². The molecule has 0 saturated heterocycles. The van der Waals surface area contributed by atoms with Crippen LogP contribution < -0.4 is 10.1 Å². The molecule has 0 aromatic heterocycles. The number of nitrogens with zero attached hydrogens (tertiary/aromatic N) is 1. The van der Waals surface area contributed by atoms with Crippen molar-refractivity contribution in [1.29, 1.82) is 0 Å². The van der Waals surface area contributed by atoms with Crippen molar-refractivity contribution in [3.63, 3.8) is 0 Å². The summed E-state index contributed by atoms with van der Waals surface area (Å²) in [6.07, 6.45) is 3.07. The molecule has 1 N–H and O–H groups in total. The van der Waals surface area contributed by atoms with Gasteiger partial charge in [0.25, 0.3) is 0 Å². The molecule has 0 saturated carbocycles. The third-order valence-corrected chi connectivity index (χ3v) is 3.18. The highest BCUT2D eigenvalue weighted by Crippen LogP contribution is 2.22. The molecule has 0 aliphatic rings. The van der Waals surface area contributed by atoms with Crippen molar-refractivity contribution >= 4 is 17.9 Å². The minimum absolute atomic E-state index is 0.0205. The zero-order valence-corrected chi connectivity index (χ0v) is 13.7. The number of benzene rings is 2. The number of likely N-dealkylation sites (N-methyl/N-ethyl adjacent to an activating group) is 1. The number of hydrogen-bond donors (Lipinski definition) is 1. The Hall–Kier alpha value is -3.08. The maximum absolute atomic E-state index is 11.7. The van der Waals surface area contributed by atoms with Crippen molar-refractivity contribution in [1.82, 2.24) is 10.2 Å². The van der Waals surface area contributed by atoms with Crippen molar-refractivity contribution in [2.75, 3.05) is 20.6 Å². The molecule has 0 atom stereocenters. The molecule has 2 rings (SSSR count). The average Bonchev–Trinajstić information content (AvgIpc) is 2.59. The van der Waals surface area contributed by atoms with Gasteiger partial charge in [0.2, 0.25) is 11.8 Å². The van der Waals surface area contributed by atoms with E-state index < -0.39 is 0 Å². The second kappa shape index (κ2) is 8.53. The van der Waals surface area contributed by atoms with Crippen LogP contribution in [0.25, 0.3) is 6.08 Å². The predicted molar refractivity (Wildman–Crippen MR) is 93.7 cm³/mol. The molecule has 0 bridgehead atoms. The predicted octanol–water partition coefficient (Wildman–Crippen LogP) is 2.70. The number of ether oxygens (including phenoxy) is 1. The van der Waals surface area contributed by atoms with Gasteiger partial charge in [-0.1, -0.05) is 30.3 Å². The Morgan fingerprint density at radius 3 is 2.46 bits per heavy atom. The van der Waals surface area contributed by atoms with Crippen molar-refractivity contribution in [2.24, 2.45) is 0 Å². The number of nitrogens with one attached hydrogen (secondary N) is 1. The average molecular weight is 324 g/mol. The molecule has 0 aliphatic carbocycles. The fraction of sp³-hybridized carbons (Fsp3) is 0.158. The zero-order valence-electron chi connectivity index (χ0n) is 13.7. The van der Waals surface area contributed by atoms with Gasteiger partial charge in [-0.3, -0.25) is 9.59 Å². The van der Waals surface area contributed by atoms with Crippen LogP contribution in [0.15, 0.2) is 60.7 Å². The van der Waals surface area contributed by atoms with Crippen LogP contribution >= 0.6 is 0 Å². The molecule has 2 aromatic rings. The van der Waals surface area contributed by atoms with E-state index in [0.29, 0.717) is 5.75 Å². The first-order valence-corrected chi connectivity index (χ1v) is 7.53. The summed E-state index contributed by atoms with van der Waals surface area (Å²) in [6, 6.07) is 16.9. The van der Waals surface area contributed by atoms with E-state index in [-0.39, 0.29) is 18.4 Å². The topological polar surface area (TPSA) is 58.6 Å². The third-order valence-electron chi connectivity index (χ3n) is 3.18. The van der Waals surface area contributed by atoms with Crippen LogP contribution in [0, 0.1) is 0 Å². The normalized spacial score (nSPS) is 10.4. The van der Waals surface area contributed by atoms with Gasteiger partial charge in [-0.05, 0) is 35.9 Å². The lowest BCUT2D eigenvalue weighted by atomic mass is 10.2. The fourth-order valence-electron chi connectivity index (χ4n) is 1.86. The molecule has 0 aliphatic heterocycles. The molecular formula is C19H20N2O3. The van der Waals surface area contributed by atoms with Gasteiger partial charge in [0.1, 0.15) is 11.5 Å². The molecule has 2 aromatic carbocycles. The first-order chi connectivity index (χ1) is 11.5. The Morgan fingerprint density at radius 2 is 1.75 bits per heavy atom. The molecule has 5 nitrogen and oxygen atoms in total. The monoisotopic (exact) mass is 324 g/mol. The van der Waals surface area contributed by atoms with E-state index in [1.807, 2.05) is 54.6 Å². The number of carbonyl (C=O) groups is 2. The maximum atomic E-state index is 11.7. The highest BCUT2D eigenvalue weighted by Gasteiger charge is 2.04. The Balaban J connectivity index is 1.94. The summed E-state index contributed by atoms with van der Waals surface area (Å²) in [7, 11) is 3.28. The fourth-order valence-corrected chi connectivity index (χ4v) is 1.86. The summed E-state index contributed by atoms with van der Waals surface area (Å²) in [4.78, 5) is 24.6. The number of amides is 2. The van der Waals surface area contributed by atoms with Crippen molar-refractivity contribution in [3.8, 4) is 11.5 Å². The van der Waals surface area contributed by atoms with Crippen LogP contribution in [0.2, 0.25) is 0 Å². The number of carbonyl (C=O) groups excluding carboxylic acids is 2. The van der Waals surface area contributed by atoms with E-state index in [1.54, 1.807) is 20.2 Å². The molecule has 5 heteroatoms. The number of para-hydroxylation sites is 1. The second-order valence-electron chi connectivity index (χ2n) is 5.33. The summed E-state index contributed by atoms with van der Waals surface area (Å²) < 4.78 is 5.75. The summed E-state index contributed by atoms with van der Waals surface area (Å²) >= 11 is 0. The van der Waals surface area contributed by atoms with Gasteiger partial charge < -0.3 is 15.0 Å². The van der Waals surface area contributed by atoms with Crippen LogP contribution in [-0.4, -0.2) is 37.4 Å². The highest BCUT2D eigenvalue weighted by atomic mass is 16.5. The first-order valence-electron chi connectivity index (χ1n) is 7.53. The van der Waals surface area contributed by atoms with E-state index in [2.05, 4.69) is 5.32 Å². The molecule has 0 unspecified atom stereocenters. The quantitative estimate of drug-likeness (QED) is 0.831. The highest BCUT2D eigenvalue weighted by molar-refractivity contribution is 5.94. The summed E-state index contributed by atoms with van der Waals surface area (Å²) in [5.74, 6) is 0.958. The maximum Gasteiger partial charge on any atom is 0.244 e. The van der Waals surface area contributed by atoms with E-state index in [1.165, 1.54) is 11.0 Å². The smallest absolute Gasteiger partial charge is 0.244 e. The number of hydrogen-bond acceptors (Lipinski definition) is 3. The number of rotatable bonds is 6. The molecule has 0 radical (unpaired) electrons. The van der Waals surface area contributed by atoms with Crippen molar-refractivity contribution in [2.45, 2.75) is 0 Å². The molecule has 0 fully saturated rings. The minimum atomic E-state index is -0.320. The van der Waals surface area contributed by atoms with Gasteiger partial charge in [-0.15, -0.1) is 0 Å². The Morgan fingerprint density at radius 1 is 1.04 bits per heavy atom. The molecule has 24 heavy (non-hydrogen) atoms. The molecule has 124 valence electrons. The van der Waals surface area contributed by atoms with Gasteiger partial charge in [0.15, 0.2) is 0 Å². The van der Waals surface area contributed by atoms with Crippen LogP contribution in [0.4, 0.5) is 0 Å². The van der Waals surface area contributed by atoms with Crippen LogP contribution in [0.3, 0.4) is 0 Å². The third kappa shape index (κ3) is 5.61. The summed E-state index contributed by atoms with van der Waals surface area (Å²) in [6.45, 7) is -0.0205. The van der Waals surface area contributed by atoms with Gasteiger partial charge in [-0.2, -0.15) is 0 Å². The SMILES string of the molecule is CN(C)C(=O)CNC(=O)/C=C/c1cccc(Oc2ccccc2)c1. The lowest BCUT2D eigenvalue weighted by Crippen LogP contribution is -2.35. The lowest BCUT2D eigenvalue weighted by molar-refractivity contribution is -0.129. The lowest BCUT2D eigenvalue weighted by Gasteiger charge is -2.09. The molecule has 2 amide bonds. The van der Waals surface area contributed by atoms with Gasteiger partial charge in [0, 0.05) is 20.2 Å². The molecular weight excluding hydrogens is 304 g/mol. The van der Waals surface area contributed by atoms with Gasteiger partial charge in [0.05, 0.1) is 6.54 Å².